The van der Waals surface area contributed by atoms with Crippen molar-refractivity contribution in [1.82, 2.24) is 15.2 Å². The highest BCUT2D eigenvalue weighted by molar-refractivity contribution is 6.43. The number of hydrogen-bond acceptors (Lipinski definition) is 5. The molecule has 1 heterocycles. The fraction of sp³-hybridized carbons (Fsp3) is 0.118. The van der Waals surface area contributed by atoms with Crippen LogP contribution in [0.1, 0.15) is 11.1 Å². The summed E-state index contributed by atoms with van der Waals surface area (Å²) in [7, 11) is 0. The van der Waals surface area contributed by atoms with Gasteiger partial charge in [-0.05, 0) is 37.6 Å². The number of benzene rings is 2. The first-order chi connectivity index (χ1) is 11.5. The van der Waals surface area contributed by atoms with Crippen LogP contribution in [-0.4, -0.2) is 15.2 Å². The van der Waals surface area contributed by atoms with Crippen LogP contribution < -0.4 is 10.6 Å². The number of rotatable bonds is 4. The van der Waals surface area contributed by atoms with Gasteiger partial charge in [-0.15, -0.1) is 5.10 Å². The summed E-state index contributed by atoms with van der Waals surface area (Å²) in [4.78, 5) is 4.40. The molecule has 1 aromatic heterocycles. The van der Waals surface area contributed by atoms with Gasteiger partial charge in [0, 0.05) is 5.69 Å². The van der Waals surface area contributed by atoms with Crippen LogP contribution in [0.3, 0.4) is 0 Å². The van der Waals surface area contributed by atoms with Crippen molar-refractivity contribution in [3.05, 3.63) is 63.8 Å². The fourth-order valence-electron chi connectivity index (χ4n) is 2.23. The van der Waals surface area contributed by atoms with E-state index in [0.717, 1.165) is 11.3 Å². The summed E-state index contributed by atoms with van der Waals surface area (Å²) in [6, 6.07) is 11.4. The number of halogens is 2. The highest BCUT2D eigenvalue weighted by Gasteiger charge is 2.07. The molecule has 0 saturated heterocycles. The third-order valence-electron chi connectivity index (χ3n) is 3.40. The van der Waals surface area contributed by atoms with Gasteiger partial charge in [-0.1, -0.05) is 47.0 Å². The summed E-state index contributed by atoms with van der Waals surface area (Å²) < 4.78 is 0. The average Bonchev–Trinajstić information content (AvgIpc) is 2.55. The maximum Gasteiger partial charge on any atom is 0.249 e. The van der Waals surface area contributed by atoms with Crippen molar-refractivity contribution < 1.29 is 0 Å². The van der Waals surface area contributed by atoms with Gasteiger partial charge in [0.05, 0.1) is 21.9 Å². The van der Waals surface area contributed by atoms with Crippen LogP contribution in [0, 0.1) is 13.8 Å². The maximum absolute atomic E-state index is 6.17. The largest absolute Gasteiger partial charge is 0.338 e. The van der Waals surface area contributed by atoms with E-state index in [2.05, 4.69) is 31.9 Å². The molecular formula is C17H15Cl2N5. The van der Waals surface area contributed by atoms with Gasteiger partial charge < -0.3 is 10.6 Å². The molecule has 0 amide bonds. The zero-order valence-corrected chi connectivity index (χ0v) is 14.7. The van der Waals surface area contributed by atoms with Crippen molar-refractivity contribution >= 4 is 46.3 Å². The molecule has 3 rings (SSSR count). The molecule has 0 saturated carbocycles. The van der Waals surface area contributed by atoms with Crippen molar-refractivity contribution in [1.29, 1.82) is 0 Å². The topological polar surface area (TPSA) is 62.7 Å². The smallest absolute Gasteiger partial charge is 0.249 e. The summed E-state index contributed by atoms with van der Waals surface area (Å²) in [5.41, 5.74) is 3.89. The minimum atomic E-state index is 0.394. The monoisotopic (exact) mass is 359 g/mol. The second-order valence-corrected chi connectivity index (χ2v) is 6.12. The lowest BCUT2D eigenvalue weighted by Crippen LogP contribution is -2.03. The third-order valence-corrected chi connectivity index (χ3v) is 4.22. The molecule has 0 spiro atoms. The van der Waals surface area contributed by atoms with Crippen LogP contribution >= 0.6 is 23.2 Å². The number of aryl methyl sites for hydroxylation is 2. The Bertz CT molecular complexity index is 883. The number of aromatic nitrogens is 3. The van der Waals surface area contributed by atoms with Crippen molar-refractivity contribution in [2.75, 3.05) is 10.6 Å². The Morgan fingerprint density at radius 3 is 2.58 bits per heavy atom. The Balaban J connectivity index is 1.82. The summed E-state index contributed by atoms with van der Waals surface area (Å²) >= 11 is 12.2. The molecule has 122 valence electrons. The quantitative estimate of drug-likeness (QED) is 0.663. The molecule has 0 bridgehead atoms. The lowest BCUT2D eigenvalue weighted by molar-refractivity contribution is 0.981. The highest BCUT2D eigenvalue weighted by Crippen LogP contribution is 2.31. The standard InChI is InChI=1S/C17H15Cl2N5/c1-10-6-7-13(11(2)8-10)22-17-23-15(9-20-24-17)21-14-5-3-4-12(18)16(14)19/h3-9H,1-2H3,(H2,21,22,23,24). The molecule has 3 aromatic rings. The van der Waals surface area contributed by atoms with Crippen molar-refractivity contribution in [2.45, 2.75) is 13.8 Å². The van der Waals surface area contributed by atoms with Gasteiger partial charge in [0.25, 0.3) is 0 Å². The van der Waals surface area contributed by atoms with Crippen LogP contribution in [0.2, 0.25) is 10.0 Å². The normalized spacial score (nSPS) is 10.5. The lowest BCUT2D eigenvalue weighted by atomic mass is 10.1. The molecule has 0 radical (unpaired) electrons. The van der Waals surface area contributed by atoms with E-state index in [-0.39, 0.29) is 0 Å². The first-order valence-electron chi connectivity index (χ1n) is 7.28. The second kappa shape index (κ2) is 7.03. The number of nitrogens with one attached hydrogen (secondary N) is 2. The van der Waals surface area contributed by atoms with E-state index in [1.54, 1.807) is 12.1 Å². The van der Waals surface area contributed by atoms with Gasteiger partial charge >= 0.3 is 0 Å². The average molecular weight is 360 g/mol. The molecular weight excluding hydrogens is 345 g/mol. The Kier molecular flexibility index (Phi) is 4.83. The molecule has 2 aromatic carbocycles. The van der Waals surface area contributed by atoms with Crippen LogP contribution in [-0.2, 0) is 0 Å². The van der Waals surface area contributed by atoms with Crippen molar-refractivity contribution in [3.8, 4) is 0 Å². The summed E-state index contributed by atoms with van der Waals surface area (Å²) in [5, 5.41) is 15.1. The van der Waals surface area contributed by atoms with Crippen LogP contribution in [0.4, 0.5) is 23.1 Å². The molecule has 5 nitrogen and oxygen atoms in total. The first-order valence-corrected chi connectivity index (χ1v) is 8.03. The zero-order chi connectivity index (χ0) is 17.1. The predicted molar refractivity (Wildman–Crippen MR) is 98.8 cm³/mol. The maximum atomic E-state index is 6.17. The Morgan fingerprint density at radius 1 is 0.958 bits per heavy atom. The van der Waals surface area contributed by atoms with E-state index < -0.39 is 0 Å². The molecule has 0 fully saturated rings. The first kappa shape index (κ1) is 16.5. The minimum Gasteiger partial charge on any atom is -0.338 e. The second-order valence-electron chi connectivity index (χ2n) is 5.33. The number of anilines is 4. The molecule has 0 unspecified atom stereocenters. The fourth-order valence-corrected chi connectivity index (χ4v) is 2.58. The third kappa shape index (κ3) is 3.75. The molecule has 2 N–H and O–H groups in total. The highest BCUT2D eigenvalue weighted by atomic mass is 35.5. The van der Waals surface area contributed by atoms with Gasteiger partial charge in [-0.2, -0.15) is 10.1 Å². The molecule has 24 heavy (non-hydrogen) atoms. The van der Waals surface area contributed by atoms with Crippen LogP contribution in [0.15, 0.2) is 42.6 Å². The minimum absolute atomic E-state index is 0.394. The lowest BCUT2D eigenvalue weighted by Gasteiger charge is -2.11. The van der Waals surface area contributed by atoms with Gasteiger partial charge in [0.15, 0.2) is 5.82 Å². The van der Waals surface area contributed by atoms with E-state index in [1.807, 2.05) is 32.0 Å². The van der Waals surface area contributed by atoms with E-state index in [1.165, 1.54) is 11.8 Å². The molecule has 0 atom stereocenters. The van der Waals surface area contributed by atoms with Crippen LogP contribution in [0.25, 0.3) is 0 Å². The van der Waals surface area contributed by atoms with E-state index in [9.17, 15) is 0 Å². The van der Waals surface area contributed by atoms with Gasteiger partial charge in [0.1, 0.15) is 0 Å². The van der Waals surface area contributed by atoms with E-state index in [4.69, 9.17) is 23.2 Å². The van der Waals surface area contributed by atoms with Crippen LogP contribution in [0.5, 0.6) is 0 Å². The SMILES string of the molecule is Cc1ccc(Nc2nncc(Nc3cccc(Cl)c3Cl)n2)c(C)c1. The Labute approximate surface area is 150 Å². The van der Waals surface area contributed by atoms with Gasteiger partial charge in [0.2, 0.25) is 5.95 Å². The van der Waals surface area contributed by atoms with E-state index >= 15 is 0 Å². The molecule has 7 heteroatoms. The molecule has 0 aliphatic rings. The Hall–Kier alpha value is -2.37. The Morgan fingerprint density at radius 2 is 1.79 bits per heavy atom. The number of hydrogen-bond donors (Lipinski definition) is 2. The molecule has 0 aliphatic heterocycles. The predicted octanol–water partition coefficient (Wildman–Crippen LogP) is 5.28. The number of nitrogens with zero attached hydrogens (tertiary/aromatic N) is 3. The van der Waals surface area contributed by atoms with E-state index in [0.29, 0.717) is 27.5 Å². The zero-order valence-electron chi connectivity index (χ0n) is 13.1. The van der Waals surface area contributed by atoms with Gasteiger partial charge in [-0.3, -0.25) is 0 Å². The summed E-state index contributed by atoms with van der Waals surface area (Å²) in [6.07, 6.45) is 1.52. The van der Waals surface area contributed by atoms with Gasteiger partial charge in [-0.25, -0.2) is 0 Å². The molecule has 0 aliphatic carbocycles. The summed E-state index contributed by atoms with van der Waals surface area (Å²) in [6.45, 7) is 4.07. The van der Waals surface area contributed by atoms with Crippen molar-refractivity contribution in [3.63, 3.8) is 0 Å². The van der Waals surface area contributed by atoms with Crippen molar-refractivity contribution in [2.24, 2.45) is 0 Å². The summed E-state index contributed by atoms with van der Waals surface area (Å²) in [5.74, 6) is 0.909.